The summed E-state index contributed by atoms with van der Waals surface area (Å²) in [4.78, 5) is 8.88. The molecule has 3 rings (SSSR count). The average molecular weight is 425 g/mol. The quantitative estimate of drug-likeness (QED) is 0.370. The predicted octanol–water partition coefficient (Wildman–Crippen LogP) is 5.13. The van der Waals surface area contributed by atoms with Crippen LogP contribution in [0.3, 0.4) is 0 Å². The molecule has 0 unspecified atom stereocenters. The second-order valence-electron chi connectivity index (χ2n) is 5.98. The van der Waals surface area contributed by atoms with Crippen molar-refractivity contribution >= 4 is 34.0 Å². The van der Waals surface area contributed by atoms with E-state index in [2.05, 4.69) is 4.98 Å². The Balaban J connectivity index is 1.68. The van der Waals surface area contributed by atoms with Crippen LogP contribution in [0.1, 0.15) is 5.69 Å². The van der Waals surface area contributed by atoms with Gasteiger partial charge < -0.3 is 14.3 Å². The molecule has 8 heteroatoms. The van der Waals surface area contributed by atoms with Crippen molar-refractivity contribution in [2.24, 2.45) is 0 Å². The van der Waals surface area contributed by atoms with Gasteiger partial charge in [0.15, 0.2) is 5.75 Å². The van der Waals surface area contributed by atoms with Gasteiger partial charge in [0.1, 0.15) is 19.0 Å². The number of nitrogens with zero attached hydrogens (tertiary/aromatic N) is 2. The highest BCUT2D eigenvalue weighted by molar-refractivity contribution is 6.45. The third kappa shape index (κ3) is 4.83. The van der Waals surface area contributed by atoms with Gasteiger partial charge in [-0.05, 0) is 30.3 Å². The van der Waals surface area contributed by atoms with Gasteiger partial charge in [-0.2, -0.15) is 9.45 Å². The molecule has 3 aromatic rings. The second-order valence-corrected chi connectivity index (χ2v) is 6.76. The normalized spacial score (nSPS) is 11.2. The molecule has 0 aliphatic rings. The Bertz CT molecular complexity index is 972. The number of ether oxygens (including phenoxy) is 2. The molecule has 1 heterocycles. The third-order valence-electron chi connectivity index (χ3n) is 4.13. The monoisotopic (exact) mass is 424 g/mol. The lowest BCUT2D eigenvalue weighted by Crippen LogP contribution is -2.23. The Hall–Kier alpha value is -2.12. The van der Waals surface area contributed by atoms with Gasteiger partial charge >= 0.3 is 0 Å². The summed E-state index contributed by atoms with van der Waals surface area (Å²) in [5.74, 6) is 0.00922. The summed E-state index contributed by atoms with van der Waals surface area (Å²) in [6.45, 7) is 0.871. The highest BCUT2D eigenvalue weighted by Crippen LogP contribution is 2.35. The summed E-state index contributed by atoms with van der Waals surface area (Å²) in [5, 5.41) is 4.13. The Morgan fingerprint density at radius 3 is 2.57 bits per heavy atom. The molecule has 0 aliphatic carbocycles. The van der Waals surface area contributed by atoms with E-state index in [9.17, 15) is 4.39 Å². The van der Waals surface area contributed by atoms with Gasteiger partial charge in [0.05, 0.1) is 29.4 Å². The summed E-state index contributed by atoms with van der Waals surface area (Å²) < 4.78 is 25.4. The number of likely N-dealkylation sites (N-methyl/N-ethyl adjacent to an activating group) is 1. The molecule has 5 nitrogen and oxygen atoms in total. The van der Waals surface area contributed by atoms with Crippen molar-refractivity contribution in [3.63, 3.8) is 0 Å². The molecule has 0 fully saturated rings. The molecule has 2 aromatic carbocycles. The molecule has 148 valence electrons. The van der Waals surface area contributed by atoms with Crippen molar-refractivity contribution in [2.75, 3.05) is 27.3 Å². The van der Waals surface area contributed by atoms with Crippen LogP contribution in [0, 0.1) is 5.95 Å². The van der Waals surface area contributed by atoms with Crippen LogP contribution >= 0.6 is 23.2 Å². The standard InChI is InChI=1S/C20H19Cl2FN2O3/c1-25(26-2)10-11-27-18-9-6-13(24-20(18)23)12-28-17-5-3-4-15-14(17)7-8-16(21)19(15)22/h3-9H,10-12H2,1-2H3. The van der Waals surface area contributed by atoms with Crippen LogP contribution in [0.2, 0.25) is 10.0 Å². The maximum absolute atomic E-state index is 14.2. The Labute approximate surface area is 172 Å². The SMILES string of the molecule is CON(C)CCOc1ccc(COc2cccc3c(Cl)c(Cl)ccc23)nc1F. The number of hydrogen-bond donors (Lipinski definition) is 0. The molecule has 0 aliphatic heterocycles. The molecule has 0 bridgehead atoms. The maximum atomic E-state index is 14.2. The number of halogens is 3. The van der Waals surface area contributed by atoms with Gasteiger partial charge in [0.25, 0.3) is 5.95 Å². The van der Waals surface area contributed by atoms with Crippen LogP contribution in [0.4, 0.5) is 4.39 Å². The zero-order valence-electron chi connectivity index (χ0n) is 15.4. The van der Waals surface area contributed by atoms with Crippen LogP contribution in [0.15, 0.2) is 42.5 Å². The Kier molecular flexibility index (Phi) is 6.91. The minimum absolute atomic E-state index is 0.0832. The van der Waals surface area contributed by atoms with Gasteiger partial charge in [0, 0.05) is 17.8 Å². The van der Waals surface area contributed by atoms with Crippen molar-refractivity contribution in [3.05, 3.63) is 64.2 Å². The molecule has 0 spiro atoms. The number of hydrogen-bond acceptors (Lipinski definition) is 5. The lowest BCUT2D eigenvalue weighted by atomic mass is 10.1. The highest BCUT2D eigenvalue weighted by Gasteiger charge is 2.11. The molecule has 0 atom stereocenters. The highest BCUT2D eigenvalue weighted by atomic mass is 35.5. The lowest BCUT2D eigenvalue weighted by molar-refractivity contribution is -0.113. The number of aromatic nitrogens is 1. The minimum Gasteiger partial charge on any atom is -0.487 e. The first kappa shape index (κ1) is 20.6. The number of rotatable bonds is 8. The fraction of sp³-hybridized carbons (Fsp3) is 0.250. The molecule has 0 amide bonds. The summed E-state index contributed by atoms with van der Waals surface area (Å²) >= 11 is 12.3. The van der Waals surface area contributed by atoms with Gasteiger partial charge in [-0.15, -0.1) is 0 Å². The van der Waals surface area contributed by atoms with Crippen molar-refractivity contribution in [1.29, 1.82) is 0 Å². The summed E-state index contributed by atoms with van der Waals surface area (Å²) in [5.41, 5.74) is 0.441. The molecule has 0 N–H and O–H groups in total. The number of pyridine rings is 1. The molecule has 28 heavy (non-hydrogen) atoms. The average Bonchev–Trinajstić information content (AvgIpc) is 2.70. The molecule has 1 aromatic heterocycles. The fourth-order valence-corrected chi connectivity index (χ4v) is 2.96. The molecular weight excluding hydrogens is 406 g/mol. The van der Waals surface area contributed by atoms with E-state index >= 15 is 0 Å². The first-order chi connectivity index (χ1) is 13.5. The van der Waals surface area contributed by atoms with Gasteiger partial charge in [0.2, 0.25) is 0 Å². The number of fused-ring (bicyclic) bond motifs is 1. The topological polar surface area (TPSA) is 43.8 Å². The van der Waals surface area contributed by atoms with Crippen molar-refractivity contribution in [1.82, 2.24) is 10.0 Å². The van der Waals surface area contributed by atoms with Crippen molar-refractivity contribution in [3.8, 4) is 11.5 Å². The van der Waals surface area contributed by atoms with E-state index in [0.717, 1.165) is 10.8 Å². The first-order valence-electron chi connectivity index (χ1n) is 8.52. The van der Waals surface area contributed by atoms with Crippen LogP contribution in [0.25, 0.3) is 10.8 Å². The van der Waals surface area contributed by atoms with E-state index in [1.807, 2.05) is 24.3 Å². The third-order valence-corrected chi connectivity index (χ3v) is 4.95. The largest absolute Gasteiger partial charge is 0.487 e. The van der Waals surface area contributed by atoms with Crippen LogP contribution in [-0.4, -0.2) is 37.4 Å². The lowest BCUT2D eigenvalue weighted by Gasteiger charge is -2.14. The number of hydroxylamine groups is 2. The molecular formula is C20H19Cl2FN2O3. The predicted molar refractivity (Wildman–Crippen MR) is 108 cm³/mol. The van der Waals surface area contributed by atoms with Crippen LogP contribution in [-0.2, 0) is 11.4 Å². The zero-order valence-corrected chi connectivity index (χ0v) is 16.9. The van der Waals surface area contributed by atoms with Crippen LogP contribution < -0.4 is 9.47 Å². The van der Waals surface area contributed by atoms with Crippen LogP contribution in [0.5, 0.6) is 11.5 Å². The molecule has 0 radical (unpaired) electrons. The fourth-order valence-electron chi connectivity index (χ4n) is 2.57. The van der Waals surface area contributed by atoms with E-state index in [-0.39, 0.29) is 19.0 Å². The Morgan fingerprint density at radius 2 is 1.82 bits per heavy atom. The maximum Gasteiger partial charge on any atom is 0.255 e. The first-order valence-corrected chi connectivity index (χ1v) is 9.28. The van der Waals surface area contributed by atoms with E-state index in [0.29, 0.717) is 28.0 Å². The van der Waals surface area contributed by atoms with E-state index in [1.54, 1.807) is 31.4 Å². The smallest absolute Gasteiger partial charge is 0.255 e. The van der Waals surface area contributed by atoms with E-state index in [4.69, 9.17) is 37.5 Å². The van der Waals surface area contributed by atoms with Crippen molar-refractivity contribution in [2.45, 2.75) is 6.61 Å². The zero-order chi connectivity index (χ0) is 20.1. The van der Waals surface area contributed by atoms with Crippen molar-refractivity contribution < 1.29 is 18.7 Å². The molecule has 0 saturated carbocycles. The minimum atomic E-state index is -0.686. The van der Waals surface area contributed by atoms with E-state index in [1.165, 1.54) is 6.07 Å². The summed E-state index contributed by atoms with van der Waals surface area (Å²) in [7, 11) is 3.31. The summed E-state index contributed by atoms with van der Waals surface area (Å²) in [6.07, 6.45) is 0. The summed E-state index contributed by atoms with van der Waals surface area (Å²) in [6, 6.07) is 12.2. The Morgan fingerprint density at radius 1 is 1.00 bits per heavy atom. The van der Waals surface area contributed by atoms with Gasteiger partial charge in [-0.3, -0.25) is 0 Å². The molecule has 0 saturated heterocycles. The second kappa shape index (κ2) is 9.39. The van der Waals surface area contributed by atoms with E-state index < -0.39 is 5.95 Å². The van der Waals surface area contributed by atoms with Gasteiger partial charge in [-0.25, -0.2) is 4.98 Å². The number of benzene rings is 2. The van der Waals surface area contributed by atoms with Gasteiger partial charge in [-0.1, -0.05) is 35.3 Å².